The van der Waals surface area contributed by atoms with Crippen LogP contribution in [0.3, 0.4) is 0 Å². The highest BCUT2D eigenvalue weighted by atomic mass is 35.5. The van der Waals surface area contributed by atoms with Crippen LogP contribution in [0.15, 0.2) is 12.1 Å². The fraction of sp³-hybridized carbons (Fsp3) is 0.571. The maximum absolute atomic E-state index is 6.44. The van der Waals surface area contributed by atoms with E-state index < -0.39 is 0 Å². The molecule has 1 heterocycles. The van der Waals surface area contributed by atoms with Crippen molar-refractivity contribution in [3.8, 4) is 11.5 Å². The number of fused-ring (bicyclic) bond motifs is 2. The van der Waals surface area contributed by atoms with E-state index in [1.165, 1.54) is 24.0 Å². The largest absolute Gasteiger partial charge is 0.490 e. The van der Waals surface area contributed by atoms with Crippen molar-refractivity contribution in [3.63, 3.8) is 0 Å². The second-order valence-corrected chi connectivity index (χ2v) is 5.29. The third-order valence-electron chi connectivity index (χ3n) is 3.50. The van der Waals surface area contributed by atoms with Crippen molar-refractivity contribution in [1.82, 2.24) is 0 Å². The number of benzene rings is 1. The molecule has 92 valence electrons. The Morgan fingerprint density at radius 3 is 2.59 bits per heavy atom. The first-order chi connectivity index (χ1) is 8.34. The first-order valence-electron chi connectivity index (χ1n) is 6.41. The predicted molar refractivity (Wildman–Crippen MR) is 68.2 cm³/mol. The van der Waals surface area contributed by atoms with Gasteiger partial charge in [-0.25, -0.2) is 0 Å². The summed E-state index contributed by atoms with van der Waals surface area (Å²) in [6.07, 6.45) is 5.54. The van der Waals surface area contributed by atoms with E-state index >= 15 is 0 Å². The zero-order valence-corrected chi connectivity index (χ0v) is 10.6. The zero-order valence-electron chi connectivity index (χ0n) is 9.88. The molecule has 2 nitrogen and oxygen atoms in total. The van der Waals surface area contributed by atoms with Crippen LogP contribution in [-0.2, 0) is 6.42 Å². The van der Waals surface area contributed by atoms with Crippen molar-refractivity contribution < 1.29 is 9.47 Å². The van der Waals surface area contributed by atoms with Gasteiger partial charge < -0.3 is 9.47 Å². The molecule has 1 aromatic rings. The number of hydrogen-bond donors (Lipinski definition) is 0. The van der Waals surface area contributed by atoms with Gasteiger partial charge in [0.05, 0.1) is 18.6 Å². The molecule has 0 N–H and O–H groups in total. The average molecular weight is 253 g/mol. The third-order valence-corrected chi connectivity index (χ3v) is 3.95. The van der Waals surface area contributed by atoms with Crippen molar-refractivity contribution >= 4 is 11.6 Å². The van der Waals surface area contributed by atoms with E-state index in [-0.39, 0.29) is 5.38 Å². The fourth-order valence-corrected chi connectivity index (χ4v) is 2.93. The molecule has 17 heavy (non-hydrogen) atoms. The van der Waals surface area contributed by atoms with Crippen LogP contribution in [0, 0.1) is 0 Å². The summed E-state index contributed by atoms with van der Waals surface area (Å²) in [6.45, 7) is 1.48. The molecule has 1 aromatic carbocycles. The second-order valence-electron chi connectivity index (χ2n) is 4.76. The van der Waals surface area contributed by atoms with Crippen molar-refractivity contribution in [2.45, 2.75) is 37.5 Å². The minimum absolute atomic E-state index is 0.129. The van der Waals surface area contributed by atoms with Gasteiger partial charge >= 0.3 is 0 Å². The first kappa shape index (κ1) is 11.2. The lowest BCUT2D eigenvalue weighted by atomic mass is 10.0. The number of hydrogen-bond acceptors (Lipinski definition) is 2. The van der Waals surface area contributed by atoms with Gasteiger partial charge in [-0.1, -0.05) is 6.42 Å². The molecule has 1 atom stereocenters. The van der Waals surface area contributed by atoms with Crippen LogP contribution < -0.4 is 9.47 Å². The molecule has 1 aliphatic heterocycles. The van der Waals surface area contributed by atoms with Crippen molar-refractivity contribution in [2.24, 2.45) is 0 Å². The number of halogens is 1. The van der Waals surface area contributed by atoms with Gasteiger partial charge in [0.2, 0.25) is 0 Å². The van der Waals surface area contributed by atoms with Crippen LogP contribution in [-0.4, -0.2) is 13.2 Å². The smallest absolute Gasteiger partial charge is 0.161 e. The monoisotopic (exact) mass is 252 g/mol. The Hall–Kier alpha value is -0.890. The molecule has 3 heteroatoms. The lowest BCUT2D eigenvalue weighted by Gasteiger charge is -2.15. The quantitative estimate of drug-likeness (QED) is 0.516. The summed E-state index contributed by atoms with van der Waals surface area (Å²) in [5.41, 5.74) is 2.58. The van der Waals surface area contributed by atoms with Gasteiger partial charge in [0, 0.05) is 6.42 Å². The summed E-state index contributed by atoms with van der Waals surface area (Å²) in [5.74, 6) is 1.76. The van der Waals surface area contributed by atoms with E-state index in [2.05, 4.69) is 12.1 Å². The molecule has 3 rings (SSSR count). The van der Waals surface area contributed by atoms with Gasteiger partial charge in [0.15, 0.2) is 11.5 Å². The molecular formula is C14H17ClO2. The van der Waals surface area contributed by atoms with Crippen molar-refractivity contribution in [1.29, 1.82) is 0 Å². The van der Waals surface area contributed by atoms with Gasteiger partial charge in [-0.2, -0.15) is 0 Å². The molecule has 0 amide bonds. The van der Waals surface area contributed by atoms with E-state index in [9.17, 15) is 0 Å². The summed E-state index contributed by atoms with van der Waals surface area (Å²) in [4.78, 5) is 0. The molecule has 0 bridgehead atoms. The molecule has 2 aliphatic rings. The topological polar surface area (TPSA) is 18.5 Å². The van der Waals surface area contributed by atoms with Crippen LogP contribution in [0.4, 0.5) is 0 Å². The van der Waals surface area contributed by atoms with Crippen LogP contribution in [0.1, 0.15) is 42.2 Å². The molecule has 0 fully saturated rings. The summed E-state index contributed by atoms with van der Waals surface area (Å²) in [7, 11) is 0. The second kappa shape index (κ2) is 4.77. The molecular weight excluding hydrogens is 236 g/mol. The van der Waals surface area contributed by atoms with Crippen LogP contribution >= 0.6 is 11.6 Å². The Morgan fingerprint density at radius 1 is 1.00 bits per heavy atom. The SMILES string of the molecule is ClC1CCCCc2cc3c(cc21)OCCCO3. The maximum atomic E-state index is 6.44. The Morgan fingerprint density at radius 2 is 1.76 bits per heavy atom. The van der Waals surface area contributed by atoms with E-state index in [4.69, 9.17) is 21.1 Å². The lowest BCUT2D eigenvalue weighted by Crippen LogP contribution is -1.98. The van der Waals surface area contributed by atoms with E-state index in [0.717, 1.165) is 44.0 Å². The highest BCUT2D eigenvalue weighted by molar-refractivity contribution is 6.21. The summed E-state index contributed by atoms with van der Waals surface area (Å²) < 4.78 is 11.4. The molecule has 1 aliphatic carbocycles. The van der Waals surface area contributed by atoms with Crippen molar-refractivity contribution in [2.75, 3.05) is 13.2 Å². The van der Waals surface area contributed by atoms with E-state index in [1.54, 1.807) is 0 Å². The molecule has 0 saturated carbocycles. The minimum Gasteiger partial charge on any atom is -0.490 e. The average Bonchev–Trinajstić information content (AvgIpc) is 2.66. The molecule has 1 unspecified atom stereocenters. The Balaban J connectivity index is 2.03. The van der Waals surface area contributed by atoms with Crippen LogP contribution in [0.25, 0.3) is 0 Å². The Bertz CT molecular complexity index is 417. The summed E-state index contributed by atoms with van der Waals surface area (Å²) in [5, 5.41) is 0.129. The van der Waals surface area contributed by atoms with Crippen molar-refractivity contribution in [3.05, 3.63) is 23.3 Å². The van der Waals surface area contributed by atoms with E-state index in [0.29, 0.717) is 0 Å². The van der Waals surface area contributed by atoms with Crippen LogP contribution in [0.2, 0.25) is 0 Å². The molecule has 0 radical (unpaired) electrons. The predicted octanol–water partition coefficient (Wildman–Crippen LogP) is 3.85. The number of rotatable bonds is 0. The van der Waals surface area contributed by atoms with Crippen LogP contribution in [0.5, 0.6) is 11.5 Å². The number of alkyl halides is 1. The van der Waals surface area contributed by atoms with Gasteiger partial charge in [-0.15, -0.1) is 11.6 Å². The molecule has 0 spiro atoms. The molecule has 0 aromatic heterocycles. The highest BCUT2D eigenvalue weighted by Crippen LogP contribution is 2.40. The van der Waals surface area contributed by atoms with Gasteiger partial charge in [0.25, 0.3) is 0 Å². The molecule has 0 saturated heterocycles. The first-order valence-corrected chi connectivity index (χ1v) is 6.85. The normalized spacial score (nSPS) is 23.5. The van der Waals surface area contributed by atoms with Gasteiger partial charge in [-0.3, -0.25) is 0 Å². The minimum atomic E-state index is 0.129. The Kier molecular flexibility index (Phi) is 3.15. The number of ether oxygens (including phenoxy) is 2. The highest BCUT2D eigenvalue weighted by Gasteiger charge is 2.21. The Labute approximate surface area is 107 Å². The third kappa shape index (κ3) is 2.23. The van der Waals surface area contributed by atoms with Gasteiger partial charge in [0.1, 0.15) is 0 Å². The summed E-state index contributed by atoms with van der Waals surface area (Å²) in [6, 6.07) is 4.23. The zero-order chi connectivity index (χ0) is 11.7. The standard InChI is InChI=1S/C14H17ClO2/c15-12-5-2-1-4-10-8-13-14(9-11(10)12)17-7-3-6-16-13/h8-9,12H,1-7H2. The lowest BCUT2D eigenvalue weighted by molar-refractivity contribution is 0.297. The maximum Gasteiger partial charge on any atom is 0.161 e. The van der Waals surface area contributed by atoms with E-state index in [1.807, 2.05) is 0 Å². The summed E-state index contributed by atoms with van der Waals surface area (Å²) >= 11 is 6.44. The fourth-order valence-electron chi connectivity index (χ4n) is 2.57. The number of aryl methyl sites for hydroxylation is 1. The van der Waals surface area contributed by atoms with Gasteiger partial charge in [-0.05, 0) is 42.5 Å².